The van der Waals surface area contributed by atoms with Gasteiger partial charge in [-0.2, -0.15) is 0 Å². The van der Waals surface area contributed by atoms with Crippen LogP contribution in [0, 0.1) is 0 Å². The largest absolute Gasteiger partial charge is 0.383 e. The van der Waals surface area contributed by atoms with Gasteiger partial charge in [-0.15, -0.1) is 0 Å². The number of anilines is 2. The Labute approximate surface area is 128 Å². The van der Waals surface area contributed by atoms with Gasteiger partial charge in [0.1, 0.15) is 0 Å². The molecule has 2 nitrogen and oxygen atoms in total. The third-order valence-corrected chi connectivity index (χ3v) is 3.55. The van der Waals surface area contributed by atoms with Crippen molar-refractivity contribution in [2.24, 2.45) is 0 Å². The lowest BCUT2D eigenvalue weighted by atomic mass is 10.2. The maximum Gasteiger partial charge on any atom is 0.0408 e. The Kier molecular flexibility index (Phi) is 5.89. The van der Waals surface area contributed by atoms with E-state index in [9.17, 15) is 0 Å². The lowest BCUT2D eigenvalue weighted by Gasteiger charge is -2.27. The van der Waals surface area contributed by atoms with Gasteiger partial charge in [0.05, 0.1) is 0 Å². The second-order valence-corrected chi connectivity index (χ2v) is 4.91. The zero-order valence-corrected chi connectivity index (χ0v) is 12.9. The van der Waals surface area contributed by atoms with Crippen LogP contribution >= 0.6 is 0 Å². The molecule has 21 heavy (non-hydrogen) atoms. The number of para-hydroxylation sites is 2. The summed E-state index contributed by atoms with van der Waals surface area (Å²) < 4.78 is 0. The Hall–Kier alpha value is -2.22. The first kappa shape index (κ1) is 15.2. The fourth-order valence-electron chi connectivity index (χ4n) is 2.47. The van der Waals surface area contributed by atoms with Crippen LogP contribution < -0.4 is 10.2 Å². The summed E-state index contributed by atoms with van der Waals surface area (Å²) in [4.78, 5) is 2.38. The molecule has 110 valence electrons. The molecule has 0 bridgehead atoms. The minimum Gasteiger partial charge on any atom is -0.383 e. The quantitative estimate of drug-likeness (QED) is 0.774. The highest BCUT2D eigenvalue weighted by Crippen LogP contribution is 2.20. The predicted octanol–water partition coefficient (Wildman–Crippen LogP) is 4.92. The van der Waals surface area contributed by atoms with Crippen molar-refractivity contribution in [3.8, 4) is 0 Å². The number of hydrogen-bond donors (Lipinski definition) is 1. The first-order chi connectivity index (χ1) is 10.3. The highest BCUT2D eigenvalue weighted by molar-refractivity contribution is 5.52. The van der Waals surface area contributed by atoms with Crippen LogP contribution in [0.15, 0.2) is 72.4 Å². The third kappa shape index (κ3) is 4.38. The van der Waals surface area contributed by atoms with Gasteiger partial charge in [0.2, 0.25) is 0 Å². The maximum atomic E-state index is 3.48. The molecule has 0 saturated carbocycles. The molecule has 0 saturated heterocycles. The Balaban J connectivity index is 2.03. The van der Waals surface area contributed by atoms with E-state index in [1.165, 1.54) is 17.1 Å². The topological polar surface area (TPSA) is 15.3 Å². The van der Waals surface area contributed by atoms with Gasteiger partial charge >= 0.3 is 0 Å². The Bertz CT molecular complexity index is 546. The van der Waals surface area contributed by atoms with E-state index in [0.717, 1.165) is 19.5 Å². The zero-order chi connectivity index (χ0) is 14.9. The van der Waals surface area contributed by atoms with Crippen LogP contribution in [-0.4, -0.2) is 13.1 Å². The molecule has 0 radical (unpaired) electrons. The lowest BCUT2D eigenvalue weighted by Crippen LogP contribution is -2.28. The van der Waals surface area contributed by atoms with Crippen molar-refractivity contribution in [3.05, 3.63) is 72.4 Å². The number of nitrogens with zero attached hydrogens (tertiary/aromatic N) is 1. The van der Waals surface area contributed by atoms with Crippen molar-refractivity contribution < 1.29 is 0 Å². The van der Waals surface area contributed by atoms with E-state index < -0.39 is 0 Å². The van der Waals surface area contributed by atoms with E-state index in [1.807, 2.05) is 6.07 Å². The van der Waals surface area contributed by atoms with Crippen molar-refractivity contribution in [2.45, 2.75) is 20.3 Å². The van der Waals surface area contributed by atoms with E-state index in [1.54, 1.807) is 0 Å². The SMILES string of the molecule is C/C=C(\CC)N(CCNc1ccccc1)c1ccccc1. The molecule has 0 fully saturated rings. The Morgan fingerprint density at radius 2 is 1.62 bits per heavy atom. The summed E-state index contributed by atoms with van der Waals surface area (Å²) in [6, 6.07) is 20.9. The molecule has 0 amide bonds. The normalized spacial score (nSPS) is 11.2. The summed E-state index contributed by atoms with van der Waals surface area (Å²) in [7, 11) is 0. The van der Waals surface area contributed by atoms with Crippen LogP contribution in [0.25, 0.3) is 0 Å². The molecule has 1 N–H and O–H groups in total. The van der Waals surface area contributed by atoms with Gasteiger partial charge in [-0.3, -0.25) is 0 Å². The van der Waals surface area contributed by atoms with Gasteiger partial charge in [-0.1, -0.05) is 49.4 Å². The average Bonchev–Trinajstić information content (AvgIpc) is 2.56. The molecule has 2 aromatic carbocycles. The monoisotopic (exact) mass is 280 g/mol. The van der Waals surface area contributed by atoms with Crippen molar-refractivity contribution in [3.63, 3.8) is 0 Å². The summed E-state index contributed by atoms with van der Waals surface area (Å²) in [6.07, 6.45) is 3.24. The third-order valence-electron chi connectivity index (χ3n) is 3.55. The molecule has 2 aromatic rings. The molecule has 0 aliphatic carbocycles. The number of hydrogen-bond acceptors (Lipinski definition) is 2. The van der Waals surface area contributed by atoms with Gasteiger partial charge in [-0.25, -0.2) is 0 Å². The molecule has 0 spiro atoms. The molecular weight excluding hydrogens is 256 g/mol. The van der Waals surface area contributed by atoms with Gasteiger partial charge in [0.15, 0.2) is 0 Å². The van der Waals surface area contributed by atoms with E-state index in [0.29, 0.717) is 0 Å². The minimum atomic E-state index is 0.913. The molecule has 0 aliphatic rings. The van der Waals surface area contributed by atoms with Crippen molar-refractivity contribution in [1.82, 2.24) is 0 Å². The van der Waals surface area contributed by atoms with Crippen LogP contribution in [0.1, 0.15) is 20.3 Å². The van der Waals surface area contributed by atoms with E-state index in [4.69, 9.17) is 0 Å². The van der Waals surface area contributed by atoms with Crippen molar-refractivity contribution in [1.29, 1.82) is 0 Å². The highest BCUT2D eigenvalue weighted by atomic mass is 15.2. The van der Waals surface area contributed by atoms with Crippen molar-refractivity contribution >= 4 is 11.4 Å². The molecule has 0 aliphatic heterocycles. The smallest absolute Gasteiger partial charge is 0.0408 e. The van der Waals surface area contributed by atoms with Crippen LogP contribution in [0.2, 0.25) is 0 Å². The number of allylic oxidation sites excluding steroid dienone is 2. The molecular formula is C19H24N2. The molecule has 0 heterocycles. The number of nitrogens with one attached hydrogen (secondary N) is 1. The first-order valence-corrected chi connectivity index (χ1v) is 7.62. The zero-order valence-electron chi connectivity index (χ0n) is 12.9. The van der Waals surface area contributed by atoms with Crippen LogP contribution in [0.3, 0.4) is 0 Å². The molecule has 0 unspecified atom stereocenters. The summed E-state index contributed by atoms with van der Waals surface area (Å²) in [5.41, 5.74) is 3.78. The molecule has 2 rings (SSSR count). The standard InChI is InChI=1S/C19H24N2/c1-3-18(4-2)21(19-13-9-6-10-14-19)16-15-20-17-11-7-5-8-12-17/h3,5-14,20H,4,15-16H2,1-2H3/b18-3+. The number of rotatable bonds is 7. The molecule has 0 atom stereocenters. The fraction of sp³-hybridized carbons (Fsp3) is 0.263. The maximum absolute atomic E-state index is 3.48. The second kappa shape index (κ2) is 8.15. The molecule has 2 heteroatoms. The predicted molar refractivity (Wildman–Crippen MR) is 92.8 cm³/mol. The van der Waals surface area contributed by atoms with E-state index in [-0.39, 0.29) is 0 Å². The second-order valence-electron chi connectivity index (χ2n) is 4.91. The summed E-state index contributed by atoms with van der Waals surface area (Å²) in [5, 5.41) is 3.48. The Morgan fingerprint density at radius 3 is 2.19 bits per heavy atom. The summed E-state index contributed by atoms with van der Waals surface area (Å²) in [5.74, 6) is 0. The van der Waals surface area contributed by atoms with E-state index in [2.05, 4.69) is 84.7 Å². The summed E-state index contributed by atoms with van der Waals surface area (Å²) in [6.45, 7) is 6.18. The summed E-state index contributed by atoms with van der Waals surface area (Å²) >= 11 is 0. The fourth-order valence-corrected chi connectivity index (χ4v) is 2.47. The van der Waals surface area contributed by atoms with Gasteiger partial charge in [-0.05, 0) is 37.6 Å². The van der Waals surface area contributed by atoms with Crippen LogP contribution in [0.5, 0.6) is 0 Å². The van der Waals surface area contributed by atoms with Crippen LogP contribution in [-0.2, 0) is 0 Å². The minimum absolute atomic E-state index is 0.913. The highest BCUT2D eigenvalue weighted by Gasteiger charge is 2.09. The number of benzene rings is 2. The van der Waals surface area contributed by atoms with Crippen molar-refractivity contribution in [2.75, 3.05) is 23.3 Å². The van der Waals surface area contributed by atoms with Gasteiger partial charge < -0.3 is 10.2 Å². The lowest BCUT2D eigenvalue weighted by molar-refractivity contribution is 0.861. The molecule has 0 aromatic heterocycles. The van der Waals surface area contributed by atoms with E-state index >= 15 is 0 Å². The van der Waals surface area contributed by atoms with Crippen LogP contribution in [0.4, 0.5) is 11.4 Å². The average molecular weight is 280 g/mol. The first-order valence-electron chi connectivity index (χ1n) is 7.62. The Morgan fingerprint density at radius 1 is 1.00 bits per heavy atom. The van der Waals surface area contributed by atoms with Gasteiger partial charge in [0, 0.05) is 30.2 Å². The van der Waals surface area contributed by atoms with Gasteiger partial charge in [0.25, 0.3) is 0 Å².